The fourth-order valence-corrected chi connectivity index (χ4v) is 2.11. The van der Waals surface area contributed by atoms with E-state index in [-0.39, 0.29) is 17.5 Å². The molecule has 0 spiro atoms. The lowest BCUT2D eigenvalue weighted by molar-refractivity contribution is -0.138. The molecule has 0 aliphatic carbocycles. The van der Waals surface area contributed by atoms with E-state index < -0.39 is 11.2 Å². The first-order valence-electron chi connectivity index (χ1n) is 4.99. The molecule has 1 aromatic rings. The second-order valence-corrected chi connectivity index (χ2v) is 4.55. The van der Waals surface area contributed by atoms with Crippen LogP contribution in [-0.2, 0) is 9.59 Å². The SMILES string of the molecule is O=C1C[C@@H](C(=O)O)S/C(=N/N=C\c2ccco2)N1. The zero-order valence-corrected chi connectivity index (χ0v) is 9.88. The van der Waals surface area contributed by atoms with Gasteiger partial charge in [-0.25, -0.2) is 0 Å². The predicted molar refractivity (Wildman–Crippen MR) is 65.5 cm³/mol. The van der Waals surface area contributed by atoms with Crippen LogP contribution in [0.1, 0.15) is 12.2 Å². The van der Waals surface area contributed by atoms with Crippen molar-refractivity contribution in [2.75, 3.05) is 0 Å². The quantitative estimate of drug-likeness (QED) is 0.619. The van der Waals surface area contributed by atoms with Crippen LogP contribution in [0.25, 0.3) is 0 Å². The van der Waals surface area contributed by atoms with Gasteiger partial charge in [0.25, 0.3) is 0 Å². The molecule has 8 heteroatoms. The number of nitrogens with one attached hydrogen (secondary N) is 1. The van der Waals surface area contributed by atoms with Crippen LogP contribution in [0.2, 0.25) is 0 Å². The Balaban J connectivity index is 2.03. The summed E-state index contributed by atoms with van der Waals surface area (Å²) in [6, 6.07) is 3.39. The van der Waals surface area contributed by atoms with Crippen molar-refractivity contribution in [1.82, 2.24) is 5.32 Å². The Morgan fingerprint density at radius 3 is 3.17 bits per heavy atom. The molecule has 1 aliphatic heterocycles. The van der Waals surface area contributed by atoms with E-state index in [1.807, 2.05) is 0 Å². The van der Waals surface area contributed by atoms with Gasteiger partial charge in [0.15, 0.2) is 5.17 Å². The summed E-state index contributed by atoms with van der Waals surface area (Å²) in [5.41, 5.74) is 0. The highest BCUT2D eigenvalue weighted by Crippen LogP contribution is 2.20. The van der Waals surface area contributed by atoms with Crippen LogP contribution >= 0.6 is 11.8 Å². The van der Waals surface area contributed by atoms with Gasteiger partial charge in [-0.3, -0.25) is 9.59 Å². The minimum absolute atomic E-state index is 0.0685. The molecular formula is C10H9N3O4S. The van der Waals surface area contributed by atoms with E-state index in [1.165, 1.54) is 12.5 Å². The van der Waals surface area contributed by atoms with E-state index in [1.54, 1.807) is 12.1 Å². The fraction of sp³-hybridized carbons (Fsp3) is 0.200. The average Bonchev–Trinajstić information content (AvgIpc) is 2.81. The summed E-state index contributed by atoms with van der Waals surface area (Å²) in [6.07, 6.45) is 2.79. The zero-order chi connectivity index (χ0) is 13.0. The number of nitrogens with zero attached hydrogens (tertiary/aromatic N) is 2. The maximum absolute atomic E-state index is 11.2. The van der Waals surface area contributed by atoms with Crippen molar-refractivity contribution >= 4 is 35.0 Å². The Morgan fingerprint density at radius 1 is 1.67 bits per heavy atom. The van der Waals surface area contributed by atoms with Crippen LogP contribution in [0.3, 0.4) is 0 Å². The van der Waals surface area contributed by atoms with E-state index in [0.29, 0.717) is 5.76 Å². The third-order valence-electron chi connectivity index (χ3n) is 2.02. The van der Waals surface area contributed by atoms with Crippen LogP contribution in [-0.4, -0.2) is 33.6 Å². The second kappa shape index (κ2) is 5.50. The topological polar surface area (TPSA) is 104 Å². The zero-order valence-electron chi connectivity index (χ0n) is 9.07. The number of hydrogen-bond acceptors (Lipinski definition) is 6. The molecule has 2 heterocycles. The minimum Gasteiger partial charge on any atom is -0.480 e. The van der Waals surface area contributed by atoms with Crippen LogP contribution in [0.5, 0.6) is 0 Å². The number of carbonyl (C=O) groups excluding carboxylic acids is 1. The molecule has 0 saturated carbocycles. The maximum atomic E-state index is 11.2. The highest BCUT2D eigenvalue weighted by Gasteiger charge is 2.29. The van der Waals surface area contributed by atoms with Gasteiger partial charge in [0.05, 0.1) is 12.5 Å². The van der Waals surface area contributed by atoms with Crippen molar-refractivity contribution in [1.29, 1.82) is 0 Å². The molecule has 0 radical (unpaired) electrons. The molecule has 2 N–H and O–H groups in total. The van der Waals surface area contributed by atoms with Gasteiger partial charge in [-0.2, -0.15) is 5.10 Å². The van der Waals surface area contributed by atoms with E-state index in [4.69, 9.17) is 9.52 Å². The molecule has 1 aromatic heterocycles. The van der Waals surface area contributed by atoms with Crippen molar-refractivity contribution in [3.8, 4) is 0 Å². The van der Waals surface area contributed by atoms with Crippen molar-refractivity contribution in [2.24, 2.45) is 10.2 Å². The van der Waals surface area contributed by atoms with Crippen LogP contribution in [0, 0.1) is 0 Å². The first-order valence-corrected chi connectivity index (χ1v) is 5.87. The molecule has 18 heavy (non-hydrogen) atoms. The van der Waals surface area contributed by atoms with Gasteiger partial charge in [0, 0.05) is 6.42 Å². The van der Waals surface area contributed by atoms with Gasteiger partial charge in [-0.15, -0.1) is 5.10 Å². The first-order chi connectivity index (χ1) is 8.65. The average molecular weight is 267 g/mol. The number of carboxylic acid groups (broad SMARTS) is 1. The van der Waals surface area contributed by atoms with Gasteiger partial charge in [0.1, 0.15) is 11.0 Å². The van der Waals surface area contributed by atoms with Crippen LogP contribution in [0.4, 0.5) is 0 Å². The first kappa shape index (κ1) is 12.4. The second-order valence-electron chi connectivity index (χ2n) is 3.36. The lowest BCUT2D eigenvalue weighted by Crippen LogP contribution is -2.40. The number of thioether (sulfide) groups is 1. The largest absolute Gasteiger partial charge is 0.480 e. The molecular weight excluding hydrogens is 258 g/mol. The summed E-state index contributed by atoms with van der Waals surface area (Å²) < 4.78 is 5.00. The Bertz CT molecular complexity index is 509. The number of amidine groups is 1. The van der Waals surface area contributed by atoms with Crippen molar-refractivity contribution < 1.29 is 19.1 Å². The highest BCUT2D eigenvalue weighted by atomic mass is 32.2. The lowest BCUT2D eigenvalue weighted by Gasteiger charge is -2.18. The number of carbonyl (C=O) groups is 2. The molecule has 0 aromatic carbocycles. The monoisotopic (exact) mass is 267 g/mol. The molecule has 1 fully saturated rings. The van der Waals surface area contributed by atoms with Crippen molar-refractivity contribution in [2.45, 2.75) is 11.7 Å². The van der Waals surface area contributed by atoms with E-state index >= 15 is 0 Å². The van der Waals surface area contributed by atoms with Gasteiger partial charge in [-0.05, 0) is 12.1 Å². The van der Waals surface area contributed by atoms with Gasteiger partial charge in [0.2, 0.25) is 5.91 Å². The summed E-state index contributed by atoms with van der Waals surface area (Å²) in [5.74, 6) is -0.910. The smallest absolute Gasteiger partial charge is 0.317 e. The third kappa shape index (κ3) is 3.20. The van der Waals surface area contributed by atoms with E-state index in [0.717, 1.165) is 11.8 Å². The molecule has 0 bridgehead atoms. The minimum atomic E-state index is -1.04. The molecule has 0 unspecified atom stereocenters. The summed E-state index contributed by atoms with van der Waals surface area (Å²) >= 11 is 0.955. The summed E-state index contributed by atoms with van der Waals surface area (Å²) in [6.45, 7) is 0. The van der Waals surface area contributed by atoms with Crippen LogP contribution < -0.4 is 5.32 Å². The number of carboxylic acids is 1. The standard InChI is InChI=1S/C10H9N3O4S/c14-8-4-7(9(15)16)18-10(12-8)13-11-5-6-2-1-3-17-6/h1-3,5,7H,4H2,(H,15,16)(H,12,13,14)/b11-5-/t7-/m0/s1. The summed E-state index contributed by atoms with van der Waals surface area (Å²) in [5, 5.41) is 18.1. The number of furan rings is 1. The third-order valence-corrected chi connectivity index (χ3v) is 3.08. The molecule has 1 amide bonds. The van der Waals surface area contributed by atoms with Gasteiger partial charge < -0.3 is 14.8 Å². The van der Waals surface area contributed by atoms with Crippen molar-refractivity contribution in [3.63, 3.8) is 0 Å². The van der Waals surface area contributed by atoms with Gasteiger partial charge >= 0.3 is 5.97 Å². The Morgan fingerprint density at radius 2 is 2.50 bits per heavy atom. The van der Waals surface area contributed by atoms with E-state index in [9.17, 15) is 9.59 Å². The molecule has 1 aliphatic rings. The molecule has 1 atom stereocenters. The molecule has 94 valence electrons. The number of rotatable bonds is 3. The van der Waals surface area contributed by atoms with E-state index in [2.05, 4.69) is 15.5 Å². The number of amides is 1. The summed E-state index contributed by atoms with van der Waals surface area (Å²) in [7, 11) is 0. The Labute approximate surface area is 106 Å². The predicted octanol–water partition coefficient (Wildman–Crippen LogP) is 0.676. The number of hydrogen-bond donors (Lipinski definition) is 2. The molecule has 1 saturated heterocycles. The lowest BCUT2D eigenvalue weighted by atomic mass is 10.3. The molecule has 2 rings (SSSR count). The van der Waals surface area contributed by atoms with Crippen LogP contribution in [0.15, 0.2) is 33.0 Å². The molecule has 7 nitrogen and oxygen atoms in total. The normalized spacial score (nSPS) is 22.3. The van der Waals surface area contributed by atoms with Crippen molar-refractivity contribution in [3.05, 3.63) is 24.2 Å². The van der Waals surface area contributed by atoms with Gasteiger partial charge in [-0.1, -0.05) is 11.8 Å². The Hall–Kier alpha value is -2.09. The number of aliphatic carboxylic acids is 1. The fourth-order valence-electron chi connectivity index (χ4n) is 1.23. The maximum Gasteiger partial charge on any atom is 0.317 e. The Kier molecular flexibility index (Phi) is 3.78. The summed E-state index contributed by atoms with van der Waals surface area (Å²) in [4.78, 5) is 22.0. The highest BCUT2D eigenvalue weighted by molar-refractivity contribution is 8.15.